The van der Waals surface area contributed by atoms with Crippen LogP contribution in [0.1, 0.15) is 15.9 Å². The van der Waals surface area contributed by atoms with Crippen molar-refractivity contribution in [1.29, 1.82) is 0 Å². The van der Waals surface area contributed by atoms with E-state index in [-0.39, 0.29) is 5.56 Å². The zero-order valence-electron chi connectivity index (χ0n) is 16.0. The second-order valence-corrected chi connectivity index (χ2v) is 5.10. The number of hydrogen-bond donors (Lipinski definition) is 2. The van der Waals surface area contributed by atoms with Crippen LogP contribution in [0.3, 0.4) is 0 Å². The third-order valence-electron chi connectivity index (χ3n) is 3.48. The summed E-state index contributed by atoms with van der Waals surface area (Å²) in [5.41, 5.74) is 0.715. The van der Waals surface area contributed by atoms with Crippen molar-refractivity contribution >= 4 is 18.0 Å². The van der Waals surface area contributed by atoms with E-state index in [0.29, 0.717) is 28.6 Å². The lowest BCUT2D eigenvalue weighted by Crippen LogP contribution is -2.03. The third-order valence-corrected chi connectivity index (χ3v) is 3.48. The fourth-order valence-electron chi connectivity index (χ4n) is 2.27. The number of carboxylic acids is 2. The Balaban J connectivity index is 0.000000283. The molecule has 0 unspecified atom stereocenters. The van der Waals surface area contributed by atoms with Crippen LogP contribution in [-0.4, -0.2) is 50.6 Å². The van der Waals surface area contributed by atoms with Gasteiger partial charge in [-0.05, 0) is 24.3 Å². The summed E-state index contributed by atoms with van der Waals surface area (Å²) in [7, 11) is 5.88. The molecule has 0 atom stereocenters. The highest BCUT2D eigenvalue weighted by molar-refractivity contribution is 5.94. The topological polar surface area (TPSA) is 112 Å². The summed E-state index contributed by atoms with van der Waals surface area (Å²) >= 11 is 0. The number of aromatic carboxylic acids is 1. The van der Waals surface area contributed by atoms with Gasteiger partial charge >= 0.3 is 11.9 Å². The quantitative estimate of drug-likeness (QED) is 0.693. The number of carbonyl (C=O) groups is 2. The number of ether oxygens (including phenoxy) is 4. The van der Waals surface area contributed by atoms with Crippen molar-refractivity contribution in [3.05, 3.63) is 53.6 Å². The monoisotopic (exact) mass is 390 g/mol. The van der Waals surface area contributed by atoms with Crippen LogP contribution in [0, 0.1) is 0 Å². The largest absolute Gasteiger partial charge is 0.496 e. The van der Waals surface area contributed by atoms with E-state index in [2.05, 4.69) is 0 Å². The predicted molar refractivity (Wildman–Crippen MR) is 103 cm³/mol. The fraction of sp³-hybridized carbons (Fsp3) is 0.200. The zero-order valence-corrected chi connectivity index (χ0v) is 16.0. The molecule has 8 heteroatoms. The van der Waals surface area contributed by atoms with Gasteiger partial charge in [0, 0.05) is 11.6 Å². The maximum atomic E-state index is 10.8. The molecule has 2 rings (SSSR count). The van der Waals surface area contributed by atoms with Crippen molar-refractivity contribution in [3.8, 4) is 23.0 Å². The normalized spacial score (nSPS) is 9.86. The maximum Gasteiger partial charge on any atom is 0.343 e. The molecule has 0 spiro atoms. The summed E-state index contributed by atoms with van der Waals surface area (Å²) in [4.78, 5) is 21.2. The van der Waals surface area contributed by atoms with Crippen LogP contribution < -0.4 is 18.9 Å². The fourth-order valence-corrected chi connectivity index (χ4v) is 2.27. The highest BCUT2D eigenvalue weighted by atomic mass is 16.5. The van der Waals surface area contributed by atoms with Crippen molar-refractivity contribution in [3.63, 3.8) is 0 Å². The molecule has 2 aromatic rings. The van der Waals surface area contributed by atoms with E-state index in [1.165, 1.54) is 34.5 Å². The lowest BCUT2D eigenvalue weighted by Gasteiger charge is -2.09. The van der Waals surface area contributed by atoms with Gasteiger partial charge in [0.05, 0.1) is 28.4 Å². The average molecular weight is 390 g/mol. The van der Waals surface area contributed by atoms with Crippen LogP contribution in [0.5, 0.6) is 23.0 Å². The molecule has 0 bridgehead atoms. The number of para-hydroxylation sites is 1. The number of aliphatic carboxylic acids is 1. The number of carboxylic acid groups (broad SMARTS) is 2. The Hall–Kier alpha value is -3.68. The van der Waals surface area contributed by atoms with E-state index in [4.69, 9.17) is 29.2 Å². The summed E-state index contributed by atoms with van der Waals surface area (Å²) in [5.74, 6) is -0.365. The first kappa shape index (κ1) is 22.4. The van der Waals surface area contributed by atoms with E-state index in [9.17, 15) is 9.59 Å². The second-order valence-electron chi connectivity index (χ2n) is 5.10. The number of methoxy groups -OCH3 is 4. The molecule has 0 aliphatic rings. The van der Waals surface area contributed by atoms with E-state index in [0.717, 1.165) is 6.08 Å². The molecule has 0 amide bonds. The first-order chi connectivity index (χ1) is 13.4. The molecule has 0 radical (unpaired) electrons. The third kappa shape index (κ3) is 5.94. The molecule has 28 heavy (non-hydrogen) atoms. The van der Waals surface area contributed by atoms with Gasteiger partial charge in [0.15, 0.2) is 11.5 Å². The summed E-state index contributed by atoms with van der Waals surface area (Å²) < 4.78 is 20.0. The summed E-state index contributed by atoms with van der Waals surface area (Å²) in [5, 5.41) is 17.4. The number of hydrogen-bond acceptors (Lipinski definition) is 6. The van der Waals surface area contributed by atoms with Crippen LogP contribution >= 0.6 is 0 Å². The molecule has 8 nitrogen and oxygen atoms in total. The number of benzene rings is 2. The second kappa shape index (κ2) is 11.1. The van der Waals surface area contributed by atoms with Gasteiger partial charge in [-0.2, -0.15) is 0 Å². The molecule has 150 valence electrons. The van der Waals surface area contributed by atoms with Crippen LogP contribution in [0.2, 0.25) is 0 Å². The van der Waals surface area contributed by atoms with Gasteiger partial charge in [0.25, 0.3) is 0 Å². The van der Waals surface area contributed by atoms with Crippen molar-refractivity contribution in [2.24, 2.45) is 0 Å². The Morgan fingerprint density at radius 2 is 1.29 bits per heavy atom. The zero-order chi connectivity index (χ0) is 21.1. The highest BCUT2D eigenvalue weighted by Crippen LogP contribution is 2.31. The smallest absolute Gasteiger partial charge is 0.343 e. The van der Waals surface area contributed by atoms with Crippen LogP contribution in [0.15, 0.2) is 42.5 Å². The van der Waals surface area contributed by atoms with Crippen molar-refractivity contribution in [2.45, 2.75) is 0 Å². The Bertz CT molecular complexity index is 820. The van der Waals surface area contributed by atoms with E-state index in [1.807, 2.05) is 0 Å². The van der Waals surface area contributed by atoms with Crippen molar-refractivity contribution in [1.82, 2.24) is 0 Å². The Kier molecular flexibility index (Phi) is 8.88. The lowest BCUT2D eigenvalue weighted by molar-refractivity contribution is -0.131. The van der Waals surface area contributed by atoms with E-state index in [1.54, 1.807) is 36.4 Å². The molecular weight excluding hydrogens is 368 g/mol. The molecule has 2 aromatic carbocycles. The van der Waals surface area contributed by atoms with Gasteiger partial charge in [0.1, 0.15) is 17.1 Å². The van der Waals surface area contributed by atoms with Gasteiger partial charge < -0.3 is 29.2 Å². The molecule has 0 fully saturated rings. The molecule has 0 aromatic heterocycles. The maximum absolute atomic E-state index is 10.8. The Morgan fingerprint density at radius 1 is 0.786 bits per heavy atom. The van der Waals surface area contributed by atoms with Crippen LogP contribution in [0.25, 0.3) is 6.08 Å². The molecule has 0 aliphatic carbocycles. The molecule has 0 saturated heterocycles. The summed E-state index contributed by atoms with van der Waals surface area (Å²) in [6, 6.07) is 10.1. The summed E-state index contributed by atoms with van der Waals surface area (Å²) in [6.45, 7) is 0. The first-order valence-electron chi connectivity index (χ1n) is 7.95. The minimum atomic E-state index is -1.06. The minimum Gasteiger partial charge on any atom is -0.496 e. The SMILES string of the molecule is COc1cccc(/C=C/C(=O)O)c1OC.COc1cccc(OC)c1C(=O)O. The van der Waals surface area contributed by atoms with Gasteiger partial charge in [-0.25, -0.2) is 9.59 Å². The van der Waals surface area contributed by atoms with Gasteiger partial charge in [-0.3, -0.25) is 0 Å². The lowest BCUT2D eigenvalue weighted by atomic mass is 10.1. The van der Waals surface area contributed by atoms with Gasteiger partial charge in [-0.15, -0.1) is 0 Å². The summed E-state index contributed by atoms with van der Waals surface area (Å²) in [6.07, 6.45) is 2.51. The van der Waals surface area contributed by atoms with E-state index < -0.39 is 11.9 Å². The van der Waals surface area contributed by atoms with Crippen LogP contribution in [0.4, 0.5) is 0 Å². The molecular formula is C20H22O8. The molecule has 0 saturated carbocycles. The van der Waals surface area contributed by atoms with Crippen molar-refractivity contribution < 1.29 is 38.7 Å². The average Bonchev–Trinajstić information content (AvgIpc) is 2.71. The molecule has 0 heterocycles. The first-order valence-corrected chi connectivity index (χ1v) is 7.95. The van der Waals surface area contributed by atoms with Crippen LogP contribution in [-0.2, 0) is 4.79 Å². The minimum absolute atomic E-state index is 0.0486. The standard InChI is InChI=1S/C11H12O4.C9H10O4/c1-14-9-5-3-4-8(11(9)15-2)6-7-10(12)13;1-12-6-4-3-5-7(13-2)8(6)9(10)11/h3-7H,1-2H3,(H,12,13);3-5H,1-2H3,(H,10,11)/b7-6+;. The van der Waals surface area contributed by atoms with Crippen molar-refractivity contribution in [2.75, 3.05) is 28.4 Å². The Labute approximate surface area is 162 Å². The molecule has 2 N–H and O–H groups in total. The van der Waals surface area contributed by atoms with Gasteiger partial charge in [0.2, 0.25) is 0 Å². The molecule has 0 aliphatic heterocycles. The highest BCUT2D eigenvalue weighted by Gasteiger charge is 2.16. The predicted octanol–water partition coefficient (Wildman–Crippen LogP) is 3.20. The Morgan fingerprint density at radius 3 is 1.71 bits per heavy atom. The van der Waals surface area contributed by atoms with E-state index >= 15 is 0 Å². The number of rotatable bonds is 7. The van der Waals surface area contributed by atoms with Gasteiger partial charge in [-0.1, -0.05) is 18.2 Å².